The molecular weight excluding hydrogens is 424 g/mol. The van der Waals surface area contributed by atoms with Gasteiger partial charge in [-0.25, -0.2) is 13.8 Å². The number of carbonyl (C=O) groups excluding carboxylic acids is 1. The van der Waals surface area contributed by atoms with Crippen LogP contribution in [0.2, 0.25) is 0 Å². The molecule has 2 heterocycles. The van der Waals surface area contributed by atoms with Crippen LogP contribution in [0, 0.1) is 0 Å². The molecule has 0 saturated carbocycles. The number of hydrogen-bond acceptors (Lipinski definition) is 2. The van der Waals surface area contributed by atoms with Crippen molar-refractivity contribution in [3.8, 4) is 11.3 Å². The van der Waals surface area contributed by atoms with Gasteiger partial charge in [0.15, 0.2) is 0 Å². The van der Waals surface area contributed by atoms with Crippen molar-refractivity contribution in [1.82, 2.24) is 9.88 Å². The summed E-state index contributed by atoms with van der Waals surface area (Å²) in [6.07, 6.45) is -7.91. The maximum absolute atomic E-state index is 13.0. The highest BCUT2D eigenvalue weighted by molar-refractivity contribution is 5.92. The molecular formula is C19H12F8N2O. The zero-order chi connectivity index (χ0) is 22.3. The summed E-state index contributed by atoms with van der Waals surface area (Å²) in [5.41, 5.74) is -3.51. The quantitative estimate of drug-likeness (QED) is 0.485. The van der Waals surface area contributed by atoms with E-state index in [0.29, 0.717) is 12.1 Å². The summed E-state index contributed by atoms with van der Waals surface area (Å²) >= 11 is 0. The van der Waals surface area contributed by atoms with Crippen LogP contribution in [0.25, 0.3) is 17.3 Å². The molecule has 0 atom stereocenters. The Morgan fingerprint density at radius 1 is 0.967 bits per heavy atom. The fourth-order valence-corrected chi connectivity index (χ4v) is 2.74. The number of pyridine rings is 1. The van der Waals surface area contributed by atoms with Gasteiger partial charge in [-0.2, -0.15) is 26.3 Å². The van der Waals surface area contributed by atoms with Gasteiger partial charge in [0.1, 0.15) is 0 Å². The van der Waals surface area contributed by atoms with Gasteiger partial charge >= 0.3 is 12.4 Å². The van der Waals surface area contributed by atoms with E-state index in [4.69, 9.17) is 0 Å². The monoisotopic (exact) mass is 436 g/mol. The first kappa shape index (κ1) is 21.7. The van der Waals surface area contributed by atoms with Crippen molar-refractivity contribution in [3.63, 3.8) is 0 Å². The van der Waals surface area contributed by atoms with Gasteiger partial charge < -0.3 is 4.90 Å². The van der Waals surface area contributed by atoms with Crippen molar-refractivity contribution in [3.05, 3.63) is 59.3 Å². The molecule has 3 nitrogen and oxygen atoms in total. The van der Waals surface area contributed by atoms with Gasteiger partial charge in [0, 0.05) is 11.6 Å². The summed E-state index contributed by atoms with van der Waals surface area (Å²) in [5.74, 6) is -3.66. The Labute approximate surface area is 164 Å². The smallest absolute Gasteiger partial charge is 0.327 e. The molecule has 1 aliphatic heterocycles. The number of carbonyl (C=O) groups is 1. The van der Waals surface area contributed by atoms with E-state index in [1.807, 2.05) is 0 Å². The van der Waals surface area contributed by atoms with E-state index >= 15 is 0 Å². The first-order chi connectivity index (χ1) is 13.7. The molecule has 0 radical (unpaired) electrons. The first-order valence-electron chi connectivity index (χ1n) is 8.36. The summed E-state index contributed by atoms with van der Waals surface area (Å²) < 4.78 is 104. The zero-order valence-corrected chi connectivity index (χ0v) is 14.9. The van der Waals surface area contributed by atoms with E-state index in [1.165, 1.54) is 18.2 Å². The van der Waals surface area contributed by atoms with Crippen LogP contribution in [0.5, 0.6) is 0 Å². The van der Waals surface area contributed by atoms with Crippen LogP contribution >= 0.6 is 0 Å². The Kier molecular flexibility index (Phi) is 5.33. The summed E-state index contributed by atoms with van der Waals surface area (Å²) in [7, 11) is 0. The van der Waals surface area contributed by atoms with E-state index in [-0.39, 0.29) is 17.5 Å². The number of likely N-dealkylation sites (tertiary alicyclic amines) is 1. The Morgan fingerprint density at radius 3 is 2.03 bits per heavy atom. The lowest BCUT2D eigenvalue weighted by Gasteiger charge is -2.37. The number of rotatable bonds is 3. The van der Waals surface area contributed by atoms with Crippen molar-refractivity contribution in [2.24, 2.45) is 0 Å². The minimum absolute atomic E-state index is 0.00869. The molecule has 0 aliphatic carbocycles. The molecule has 1 amide bonds. The maximum Gasteiger partial charge on any atom is 0.416 e. The largest absolute Gasteiger partial charge is 0.416 e. The number of amides is 1. The van der Waals surface area contributed by atoms with Crippen molar-refractivity contribution < 1.29 is 39.9 Å². The van der Waals surface area contributed by atoms with Gasteiger partial charge in [-0.05, 0) is 36.4 Å². The van der Waals surface area contributed by atoms with E-state index < -0.39 is 54.0 Å². The molecule has 0 bridgehead atoms. The van der Waals surface area contributed by atoms with Crippen LogP contribution in [-0.2, 0) is 17.1 Å². The van der Waals surface area contributed by atoms with Crippen LogP contribution in [0.15, 0.2) is 42.5 Å². The molecule has 1 fully saturated rings. The summed E-state index contributed by atoms with van der Waals surface area (Å²) in [4.78, 5) is 16.6. The van der Waals surface area contributed by atoms with Gasteiger partial charge in [0.05, 0.1) is 35.6 Å². The third-order valence-electron chi connectivity index (χ3n) is 4.21. The minimum Gasteiger partial charge on any atom is -0.327 e. The molecule has 1 aromatic heterocycles. The molecule has 160 valence electrons. The molecule has 11 heteroatoms. The van der Waals surface area contributed by atoms with Gasteiger partial charge in [-0.15, -0.1) is 0 Å². The Balaban J connectivity index is 1.90. The van der Waals surface area contributed by atoms with Gasteiger partial charge in [0.2, 0.25) is 5.91 Å². The summed E-state index contributed by atoms with van der Waals surface area (Å²) in [5, 5.41) is 0. The molecule has 2 aromatic rings. The molecule has 0 spiro atoms. The van der Waals surface area contributed by atoms with Crippen LogP contribution in [0.3, 0.4) is 0 Å². The first-order valence-corrected chi connectivity index (χ1v) is 8.36. The minimum atomic E-state index is -5.00. The Hall–Kier alpha value is -2.98. The highest BCUT2D eigenvalue weighted by atomic mass is 19.4. The predicted molar refractivity (Wildman–Crippen MR) is 90.2 cm³/mol. The number of benzene rings is 1. The second-order valence-electron chi connectivity index (χ2n) is 6.63. The van der Waals surface area contributed by atoms with Gasteiger partial charge in [-0.3, -0.25) is 4.79 Å². The fraction of sp³-hybridized carbons (Fsp3) is 0.263. The fourth-order valence-electron chi connectivity index (χ4n) is 2.74. The van der Waals surface area contributed by atoms with Crippen molar-refractivity contribution >= 4 is 12.0 Å². The number of halogens is 8. The molecule has 1 aliphatic rings. The van der Waals surface area contributed by atoms with Gasteiger partial charge in [0.25, 0.3) is 5.92 Å². The number of alkyl halides is 8. The molecule has 30 heavy (non-hydrogen) atoms. The van der Waals surface area contributed by atoms with Crippen LogP contribution in [0.1, 0.15) is 16.8 Å². The third kappa shape index (κ3) is 4.95. The van der Waals surface area contributed by atoms with Crippen molar-refractivity contribution in [2.75, 3.05) is 13.1 Å². The van der Waals surface area contributed by atoms with E-state index in [9.17, 15) is 39.9 Å². The van der Waals surface area contributed by atoms with Crippen molar-refractivity contribution in [1.29, 1.82) is 0 Å². The van der Waals surface area contributed by atoms with E-state index in [1.54, 1.807) is 0 Å². The topological polar surface area (TPSA) is 33.2 Å². The molecule has 0 N–H and O–H groups in total. The number of aromatic nitrogens is 1. The second kappa shape index (κ2) is 7.37. The van der Waals surface area contributed by atoms with Crippen LogP contribution in [-0.4, -0.2) is 34.8 Å². The Morgan fingerprint density at radius 2 is 1.53 bits per heavy atom. The SMILES string of the molecule is O=C(C=Cc1cccc(-c2cc(C(F)(F)F)cc(C(F)(F)F)c2)n1)N1CC(F)(F)C1. The lowest BCUT2D eigenvalue weighted by molar-refractivity contribution is -0.160. The maximum atomic E-state index is 13.0. The highest BCUT2D eigenvalue weighted by Gasteiger charge is 2.45. The van der Waals surface area contributed by atoms with E-state index in [2.05, 4.69) is 4.98 Å². The standard InChI is InChI=1S/C19H12F8N2O/c20-17(21)9-29(10-17)16(30)5-4-14-2-1-3-15(28-14)11-6-12(18(22,23)24)8-13(7-11)19(25,26)27/h1-8H,9-10H2. The summed E-state index contributed by atoms with van der Waals surface area (Å²) in [6.45, 7) is -1.46. The highest BCUT2D eigenvalue weighted by Crippen LogP contribution is 2.38. The lowest BCUT2D eigenvalue weighted by Crippen LogP contribution is -2.57. The van der Waals surface area contributed by atoms with Crippen LogP contribution < -0.4 is 0 Å². The summed E-state index contributed by atoms with van der Waals surface area (Å²) in [6, 6.07) is 4.99. The molecule has 0 unspecified atom stereocenters. The normalized spacial score (nSPS) is 16.6. The molecule has 1 aromatic carbocycles. The average Bonchev–Trinajstić information content (AvgIpc) is 2.62. The van der Waals surface area contributed by atoms with Gasteiger partial charge in [-0.1, -0.05) is 6.07 Å². The molecule has 3 rings (SSSR count). The zero-order valence-electron chi connectivity index (χ0n) is 14.9. The number of nitrogens with zero attached hydrogens (tertiary/aromatic N) is 2. The Bertz CT molecular complexity index is 955. The van der Waals surface area contributed by atoms with Crippen molar-refractivity contribution in [2.45, 2.75) is 18.3 Å². The van der Waals surface area contributed by atoms with E-state index in [0.717, 1.165) is 17.1 Å². The molecule has 1 saturated heterocycles. The third-order valence-corrected chi connectivity index (χ3v) is 4.21. The average molecular weight is 436 g/mol. The predicted octanol–water partition coefficient (Wildman–Crippen LogP) is 5.28. The van der Waals surface area contributed by atoms with Crippen LogP contribution in [0.4, 0.5) is 35.1 Å². The number of hydrogen-bond donors (Lipinski definition) is 0. The lowest BCUT2D eigenvalue weighted by atomic mass is 10.0. The second-order valence-corrected chi connectivity index (χ2v) is 6.63.